The van der Waals surface area contributed by atoms with Crippen LogP contribution >= 0.6 is 0 Å². The number of anilines is 1. The minimum absolute atomic E-state index is 0.0944. The molecule has 4 atom stereocenters. The highest BCUT2D eigenvalue weighted by atomic mass is 16.4. The molecule has 0 aliphatic heterocycles. The molecule has 0 unspecified atom stereocenters. The van der Waals surface area contributed by atoms with Crippen LogP contribution in [0.4, 0.5) is 5.82 Å². The molecule has 0 amide bonds. The van der Waals surface area contributed by atoms with Crippen molar-refractivity contribution in [2.45, 2.75) is 24.2 Å². The van der Waals surface area contributed by atoms with Crippen LogP contribution in [0, 0.1) is 5.92 Å². The highest BCUT2D eigenvalue weighted by Gasteiger charge is 2.52. The second-order valence-electron chi connectivity index (χ2n) is 6.26. The van der Waals surface area contributed by atoms with E-state index in [-0.39, 0.29) is 13.0 Å². The number of fused-ring (bicyclic) bond motifs is 1. The summed E-state index contributed by atoms with van der Waals surface area (Å²) in [6.45, 7) is -0.805. The van der Waals surface area contributed by atoms with Crippen LogP contribution in [0.2, 0.25) is 0 Å². The summed E-state index contributed by atoms with van der Waals surface area (Å²) in [5.41, 5.74) is -0.569. The van der Waals surface area contributed by atoms with Crippen molar-refractivity contribution in [2.75, 3.05) is 32.2 Å². The van der Waals surface area contributed by atoms with Crippen LogP contribution in [0.1, 0.15) is 12.5 Å². The molecule has 9 heteroatoms. The fourth-order valence-corrected chi connectivity index (χ4v) is 3.37. The van der Waals surface area contributed by atoms with Crippen LogP contribution in [0.15, 0.2) is 12.7 Å². The van der Waals surface area contributed by atoms with Gasteiger partial charge in [0.15, 0.2) is 17.0 Å². The third-order valence-corrected chi connectivity index (χ3v) is 4.57. The summed E-state index contributed by atoms with van der Waals surface area (Å²) >= 11 is 0. The number of imidazole rings is 1. The van der Waals surface area contributed by atoms with Gasteiger partial charge in [0.1, 0.15) is 18.0 Å². The molecule has 126 valence electrons. The summed E-state index contributed by atoms with van der Waals surface area (Å²) in [6, 6.07) is -0.632. The Morgan fingerprint density at radius 2 is 2.04 bits per heavy atom. The topological polar surface area (TPSA) is 128 Å². The molecule has 2 aromatic heterocycles. The molecule has 0 radical (unpaired) electrons. The predicted molar refractivity (Wildman–Crippen MR) is 81.9 cm³/mol. The van der Waals surface area contributed by atoms with Gasteiger partial charge in [-0.15, -0.1) is 0 Å². The van der Waals surface area contributed by atoms with Gasteiger partial charge in [-0.05, 0) is 6.42 Å². The third-order valence-electron chi connectivity index (χ3n) is 4.57. The summed E-state index contributed by atoms with van der Waals surface area (Å²) in [6.07, 6.45) is 1.78. The van der Waals surface area contributed by atoms with Crippen LogP contribution < -0.4 is 4.90 Å². The maximum absolute atomic E-state index is 10.5. The van der Waals surface area contributed by atoms with Crippen LogP contribution in [-0.2, 0) is 0 Å². The van der Waals surface area contributed by atoms with E-state index in [0.717, 1.165) is 0 Å². The molecule has 3 rings (SSSR count). The molecule has 2 aromatic rings. The summed E-state index contributed by atoms with van der Waals surface area (Å²) in [4.78, 5) is 14.5. The number of nitrogens with zero attached hydrogens (tertiary/aromatic N) is 5. The molecule has 0 spiro atoms. The Hall–Kier alpha value is -1.81. The van der Waals surface area contributed by atoms with Crippen molar-refractivity contribution in [3.63, 3.8) is 0 Å². The smallest absolute Gasteiger partial charge is 0.165 e. The van der Waals surface area contributed by atoms with Gasteiger partial charge >= 0.3 is 0 Å². The second kappa shape index (κ2) is 5.68. The maximum Gasteiger partial charge on any atom is 0.165 e. The van der Waals surface area contributed by atoms with E-state index < -0.39 is 30.3 Å². The number of aromatic nitrogens is 4. The van der Waals surface area contributed by atoms with Crippen molar-refractivity contribution >= 4 is 17.0 Å². The lowest BCUT2D eigenvalue weighted by Gasteiger charge is -2.27. The van der Waals surface area contributed by atoms with Crippen molar-refractivity contribution < 1.29 is 20.4 Å². The summed E-state index contributed by atoms with van der Waals surface area (Å²) < 4.78 is 1.64. The van der Waals surface area contributed by atoms with Gasteiger partial charge in [0, 0.05) is 26.6 Å². The van der Waals surface area contributed by atoms with E-state index in [4.69, 9.17) is 0 Å². The Bertz CT molecular complexity index is 706. The molecule has 2 heterocycles. The van der Waals surface area contributed by atoms with Crippen LogP contribution in [0.5, 0.6) is 0 Å². The Balaban J connectivity index is 2.11. The minimum Gasteiger partial charge on any atom is -0.396 e. The first-order chi connectivity index (χ1) is 10.9. The molecule has 4 N–H and O–H groups in total. The first-order valence-electron chi connectivity index (χ1n) is 7.40. The zero-order valence-corrected chi connectivity index (χ0v) is 13.0. The van der Waals surface area contributed by atoms with Crippen LogP contribution in [-0.4, -0.2) is 79.0 Å². The summed E-state index contributed by atoms with van der Waals surface area (Å²) in [5, 5.41) is 39.9. The van der Waals surface area contributed by atoms with Gasteiger partial charge in [-0.3, -0.25) is 0 Å². The molecule has 1 aliphatic carbocycles. The van der Waals surface area contributed by atoms with Crippen molar-refractivity contribution in [3.8, 4) is 0 Å². The highest BCUT2D eigenvalue weighted by Crippen LogP contribution is 2.43. The summed E-state index contributed by atoms with van der Waals surface area (Å²) in [5.74, 6) is 0.219. The van der Waals surface area contributed by atoms with Crippen molar-refractivity contribution in [2.24, 2.45) is 5.92 Å². The minimum atomic E-state index is -1.65. The van der Waals surface area contributed by atoms with E-state index in [9.17, 15) is 20.4 Å². The number of aliphatic hydroxyl groups is 4. The van der Waals surface area contributed by atoms with Gasteiger partial charge < -0.3 is 29.9 Å². The normalized spacial score (nSPS) is 31.0. The van der Waals surface area contributed by atoms with E-state index in [1.807, 2.05) is 14.1 Å². The molecular weight excluding hydrogens is 302 g/mol. The Labute approximate surface area is 132 Å². The van der Waals surface area contributed by atoms with Gasteiger partial charge in [0.05, 0.1) is 19.0 Å². The lowest BCUT2D eigenvalue weighted by Crippen LogP contribution is -2.43. The van der Waals surface area contributed by atoms with Gasteiger partial charge in [0.25, 0.3) is 0 Å². The largest absolute Gasteiger partial charge is 0.396 e. The zero-order chi connectivity index (χ0) is 16.8. The van der Waals surface area contributed by atoms with Gasteiger partial charge in [-0.2, -0.15) is 0 Å². The monoisotopic (exact) mass is 323 g/mol. The number of rotatable bonds is 4. The molecule has 1 aliphatic rings. The van der Waals surface area contributed by atoms with Crippen molar-refractivity contribution in [1.29, 1.82) is 0 Å². The molecule has 0 aromatic carbocycles. The molecule has 9 nitrogen and oxygen atoms in total. The number of hydrogen-bond donors (Lipinski definition) is 4. The Kier molecular flexibility index (Phi) is 3.96. The predicted octanol–water partition coefficient (Wildman–Crippen LogP) is -1.47. The second-order valence-corrected chi connectivity index (χ2v) is 6.26. The zero-order valence-electron chi connectivity index (χ0n) is 13.0. The number of aliphatic hydroxyl groups excluding tert-OH is 3. The molecule has 23 heavy (non-hydrogen) atoms. The third kappa shape index (κ3) is 2.36. The molecular formula is C14H21N5O4. The van der Waals surface area contributed by atoms with E-state index in [1.165, 1.54) is 12.7 Å². The average Bonchev–Trinajstić information content (AvgIpc) is 3.07. The number of hydrogen-bond acceptors (Lipinski definition) is 8. The van der Waals surface area contributed by atoms with Crippen molar-refractivity contribution in [1.82, 2.24) is 19.5 Å². The standard InChI is InChI=1S/C14H21N5O4/c1-18(2)12-9-13(16-6-15-12)19(7-17-9)10-8(4-20)3-14(23,5-21)11(10)22/h6-8,10-11,20-23H,3-5H2,1-2H3/t8-,10+,11-,14+/m0/s1. The Morgan fingerprint density at radius 1 is 1.30 bits per heavy atom. The molecule has 1 saturated carbocycles. The van der Waals surface area contributed by atoms with E-state index in [2.05, 4.69) is 15.0 Å². The SMILES string of the molecule is CN(C)c1ncnc2c1ncn2[C@@H]1[C@H](CO)C[C@@](O)(CO)[C@H]1O. The fourth-order valence-electron chi connectivity index (χ4n) is 3.37. The first-order valence-corrected chi connectivity index (χ1v) is 7.40. The van der Waals surface area contributed by atoms with E-state index in [1.54, 1.807) is 9.47 Å². The van der Waals surface area contributed by atoms with E-state index in [0.29, 0.717) is 17.0 Å². The molecule has 1 fully saturated rings. The van der Waals surface area contributed by atoms with Crippen LogP contribution in [0.3, 0.4) is 0 Å². The summed E-state index contributed by atoms with van der Waals surface area (Å²) in [7, 11) is 3.68. The first kappa shape index (κ1) is 16.1. The highest BCUT2D eigenvalue weighted by molar-refractivity contribution is 5.83. The van der Waals surface area contributed by atoms with Gasteiger partial charge in [-0.25, -0.2) is 15.0 Å². The lowest BCUT2D eigenvalue weighted by atomic mass is 10.0. The van der Waals surface area contributed by atoms with Crippen LogP contribution in [0.25, 0.3) is 11.2 Å². The fraction of sp³-hybridized carbons (Fsp3) is 0.643. The maximum atomic E-state index is 10.5. The average molecular weight is 323 g/mol. The molecule has 0 saturated heterocycles. The molecule has 0 bridgehead atoms. The van der Waals surface area contributed by atoms with E-state index >= 15 is 0 Å². The Morgan fingerprint density at radius 3 is 2.65 bits per heavy atom. The quantitative estimate of drug-likeness (QED) is 0.537. The lowest BCUT2D eigenvalue weighted by molar-refractivity contribution is -0.0944. The van der Waals surface area contributed by atoms with Gasteiger partial charge in [-0.1, -0.05) is 0 Å². The van der Waals surface area contributed by atoms with Gasteiger partial charge in [0.2, 0.25) is 0 Å². The van der Waals surface area contributed by atoms with Crippen molar-refractivity contribution in [3.05, 3.63) is 12.7 Å².